The largest absolute Gasteiger partial charge is 0.492 e. The number of ether oxygens (including phenoxy) is 1. The van der Waals surface area contributed by atoms with Crippen LogP contribution in [0.3, 0.4) is 0 Å². The van der Waals surface area contributed by atoms with E-state index in [9.17, 15) is 5.11 Å². The molecule has 0 saturated carbocycles. The van der Waals surface area contributed by atoms with Crippen molar-refractivity contribution in [2.75, 3.05) is 6.61 Å². The van der Waals surface area contributed by atoms with Gasteiger partial charge in [0.2, 0.25) is 0 Å². The average Bonchev–Trinajstić information content (AvgIpc) is 2.37. The summed E-state index contributed by atoms with van der Waals surface area (Å²) >= 11 is 11.9. The molecular formula is C14H13Cl2NO2. The first kappa shape index (κ1) is 14.1. The van der Waals surface area contributed by atoms with Crippen LogP contribution in [0.2, 0.25) is 10.0 Å². The van der Waals surface area contributed by atoms with Crippen LogP contribution in [-0.2, 0) is 0 Å². The summed E-state index contributed by atoms with van der Waals surface area (Å²) in [6.07, 6.45) is 2.34. The fraction of sp³-hybridized carbons (Fsp3) is 0.214. The van der Waals surface area contributed by atoms with E-state index < -0.39 is 6.10 Å². The van der Waals surface area contributed by atoms with Crippen molar-refractivity contribution >= 4 is 23.2 Å². The Labute approximate surface area is 121 Å². The highest BCUT2D eigenvalue weighted by Gasteiger charge is 2.13. The predicted molar refractivity (Wildman–Crippen MR) is 75.9 cm³/mol. The number of hydrogen-bond donors (Lipinski definition) is 1. The van der Waals surface area contributed by atoms with E-state index in [4.69, 9.17) is 27.9 Å². The van der Waals surface area contributed by atoms with Gasteiger partial charge in [-0.1, -0.05) is 23.2 Å². The molecule has 100 valence electrons. The zero-order valence-corrected chi connectivity index (χ0v) is 11.8. The molecule has 0 amide bonds. The smallest absolute Gasteiger partial charge is 0.137 e. The summed E-state index contributed by atoms with van der Waals surface area (Å²) in [6, 6.07) is 6.71. The Morgan fingerprint density at radius 1 is 1.11 bits per heavy atom. The second-order valence-electron chi connectivity index (χ2n) is 3.99. The maximum atomic E-state index is 10.3. The minimum atomic E-state index is -0.843. The highest BCUT2D eigenvalue weighted by Crippen LogP contribution is 2.28. The molecule has 5 heteroatoms. The molecule has 1 N–H and O–H groups in total. The molecule has 1 atom stereocenters. The lowest BCUT2D eigenvalue weighted by atomic mass is 10.0. The van der Waals surface area contributed by atoms with Crippen LogP contribution in [0.5, 0.6) is 5.75 Å². The van der Waals surface area contributed by atoms with Crippen molar-refractivity contribution in [1.82, 2.24) is 4.98 Å². The van der Waals surface area contributed by atoms with Crippen LogP contribution >= 0.6 is 23.2 Å². The molecule has 1 aromatic carbocycles. The number of aliphatic hydroxyl groups is 1. The molecule has 2 rings (SSSR count). The minimum absolute atomic E-state index is 0.482. The number of rotatable bonds is 4. The minimum Gasteiger partial charge on any atom is -0.492 e. The summed E-state index contributed by atoms with van der Waals surface area (Å²) in [6.45, 7) is 2.43. The van der Waals surface area contributed by atoms with Crippen molar-refractivity contribution in [3.8, 4) is 5.75 Å². The third kappa shape index (κ3) is 3.60. The van der Waals surface area contributed by atoms with Crippen molar-refractivity contribution in [3.63, 3.8) is 0 Å². The van der Waals surface area contributed by atoms with Gasteiger partial charge in [0.15, 0.2) is 0 Å². The monoisotopic (exact) mass is 297 g/mol. The average molecular weight is 298 g/mol. The van der Waals surface area contributed by atoms with E-state index in [1.165, 1.54) is 0 Å². The summed E-state index contributed by atoms with van der Waals surface area (Å²) in [7, 11) is 0. The molecule has 1 aromatic heterocycles. The molecule has 3 nitrogen and oxygen atoms in total. The number of aliphatic hydroxyl groups excluding tert-OH is 1. The van der Waals surface area contributed by atoms with Gasteiger partial charge in [-0.3, -0.25) is 4.98 Å². The van der Waals surface area contributed by atoms with Crippen LogP contribution in [0.25, 0.3) is 0 Å². The highest BCUT2D eigenvalue weighted by molar-refractivity contribution is 6.34. The first-order chi connectivity index (χ1) is 9.10. The first-order valence-electron chi connectivity index (χ1n) is 5.82. The quantitative estimate of drug-likeness (QED) is 0.931. The maximum absolute atomic E-state index is 10.3. The van der Waals surface area contributed by atoms with Gasteiger partial charge in [0.25, 0.3) is 0 Å². The maximum Gasteiger partial charge on any atom is 0.137 e. The van der Waals surface area contributed by atoms with E-state index in [1.807, 2.05) is 6.92 Å². The van der Waals surface area contributed by atoms with Gasteiger partial charge in [-0.25, -0.2) is 0 Å². The molecule has 0 aliphatic carbocycles. The molecule has 2 aromatic rings. The normalized spacial score (nSPS) is 12.2. The Balaban J connectivity index is 2.32. The Morgan fingerprint density at radius 3 is 2.42 bits per heavy atom. The standard InChI is InChI=1S/C14H13Cl2NO2/c1-2-19-13-5-10(7-17-8-13)14(18)9-3-11(15)6-12(16)4-9/h3-8,14,18H,2H2,1H3. The number of hydrogen-bond acceptors (Lipinski definition) is 3. The van der Waals surface area contributed by atoms with Crippen molar-refractivity contribution < 1.29 is 9.84 Å². The lowest BCUT2D eigenvalue weighted by Gasteiger charge is -2.13. The molecule has 0 fully saturated rings. The Hall–Kier alpha value is -1.29. The highest BCUT2D eigenvalue weighted by atomic mass is 35.5. The lowest BCUT2D eigenvalue weighted by Crippen LogP contribution is -2.02. The summed E-state index contributed by atoms with van der Waals surface area (Å²) in [5, 5.41) is 11.3. The number of halogens is 2. The molecule has 0 aliphatic rings. The lowest BCUT2D eigenvalue weighted by molar-refractivity contribution is 0.219. The third-order valence-corrected chi connectivity index (χ3v) is 3.00. The molecule has 0 aliphatic heterocycles. The number of pyridine rings is 1. The van der Waals surface area contributed by atoms with Gasteiger partial charge in [0.1, 0.15) is 11.9 Å². The van der Waals surface area contributed by atoms with E-state index in [0.717, 1.165) is 0 Å². The van der Waals surface area contributed by atoms with Crippen LogP contribution < -0.4 is 4.74 Å². The summed E-state index contributed by atoms with van der Waals surface area (Å²) in [5.41, 5.74) is 1.25. The topological polar surface area (TPSA) is 42.4 Å². The molecule has 0 bridgehead atoms. The van der Waals surface area contributed by atoms with E-state index in [1.54, 1.807) is 36.7 Å². The second-order valence-corrected chi connectivity index (χ2v) is 4.87. The third-order valence-electron chi connectivity index (χ3n) is 2.56. The zero-order valence-electron chi connectivity index (χ0n) is 10.3. The number of nitrogens with zero attached hydrogens (tertiary/aromatic N) is 1. The molecule has 0 saturated heterocycles. The molecule has 19 heavy (non-hydrogen) atoms. The second kappa shape index (κ2) is 6.24. The van der Waals surface area contributed by atoms with Crippen LogP contribution in [-0.4, -0.2) is 16.7 Å². The fourth-order valence-electron chi connectivity index (χ4n) is 1.76. The summed E-state index contributed by atoms with van der Waals surface area (Å²) < 4.78 is 5.35. The Bertz CT molecular complexity index is 555. The Morgan fingerprint density at radius 2 is 1.79 bits per heavy atom. The van der Waals surface area contributed by atoms with E-state index in [-0.39, 0.29) is 0 Å². The van der Waals surface area contributed by atoms with Gasteiger partial charge in [0.05, 0.1) is 12.8 Å². The van der Waals surface area contributed by atoms with Crippen LogP contribution in [0.1, 0.15) is 24.2 Å². The van der Waals surface area contributed by atoms with Crippen molar-refractivity contribution in [2.45, 2.75) is 13.0 Å². The van der Waals surface area contributed by atoms with Gasteiger partial charge in [-0.2, -0.15) is 0 Å². The van der Waals surface area contributed by atoms with Gasteiger partial charge in [-0.05, 0) is 36.8 Å². The van der Waals surface area contributed by atoms with E-state index in [2.05, 4.69) is 4.98 Å². The molecular weight excluding hydrogens is 285 g/mol. The van der Waals surface area contributed by atoms with Crippen LogP contribution in [0, 0.1) is 0 Å². The molecule has 1 heterocycles. The van der Waals surface area contributed by atoms with E-state index >= 15 is 0 Å². The number of aromatic nitrogens is 1. The predicted octanol–water partition coefficient (Wildman–Crippen LogP) is 3.87. The fourth-order valence-corrected chi connectivity index (χ4v) is 2.30. The van der Waals surface area contributed by atoms with Gasteiger partial charge in [-0.15, -0.1) is 0 Å². The first-order valence-corrected chi connectivity index (χ1v) is 6.57. The van der Waals surface area contributed by atoms with Gasteiger partial charge >= 0.3 is 0 Å². The van der Waals surface area contributed by atoms with Gasteiger partial charge in [0, 0.05) is 21.8 Å². The summed E-state index contributed by atoms with van der Waals surface area (Å²) in [5.74, 6) is 0.618. The van der Waals surface area contributed by atoms with E-state index in [0.29, 0.717) is 33.5 Å². The Kier molecular flexibility index (Phi) is 4.64. The molecule has 1 unspecified atom stereocenters. The molecule has 0 spiro atoms. The van der Waals surface area contributed by atoms with Gasteiger partial charge < -0.3 is 9.84 Å². The van der Waals surface area contributed by atoms with Crippen LogP contribution in [0.4, 0.5) is 0 Å². The summed E-state index contributed by atoms with van der Waals surface area (Å²) in [4.78, 5) is 4.04. The van der Waals surface area contributed by atoms with Crippen molar-refractivity contribution in [2.24, 2.45) is 0 Å². The molecule has 0 radical (unpaired) electrons. The zero-order chi connectivity index (χ0) is 13.8. The van der Waals surface area contributed by atoms with Crippen molar-refractivity contribution in [1.29, 1.82) is 0 Å². The number of benzene rings is 1. The SMILES string of the molecule is CCOc1cncc(C(O)c2cc(Cl)cc(Cl)c2)c1. The van der Waals surface area contributed by atoms with Crippen molar-refractivity contribution in [3.05, 3.63) is 57.8 Å². The van der Waals surface area contributed by atoms with Crippen LogP contribution in [0.15, 0.2) is 36.7 Å².